The van der Waals surface area contributed by atoms with Gasteiger partial charge in [0.1, 0.15) is 0 Å². The van der Waals surface area contributed by atoms with Crippen LogP contribution in [-0.4, -0.2) is 78.1 Å². The zero-order chi connectivity index (χ0) is 21.0. The molecular formula is C18H23ClN4O4S2. The number of carbonyl (C=O) groups is 1. The molecule has 1 atom stereocenters. The van der Waals surface area contributed by atoms with Gasteiger partial charge in [-0.1, -0.05) is 23.4 Å². The lowest BCUT2D eigenvalue weighted by atomic mass is 10.2. The van der Waals surface area contributed by atoms with Gasteiger partial charge in [0.2, 0.25) is 5.91 Å². The molecule has 2 heterocycles. The first-order valence-corrected chi connectivity index (χ1v) is 12.3. The van der Waals surface area contributed by atoms with Crippen LogP contribution in [0.2, 0.25) is 5.02 Å². The number of hydrogen-bond acceptors (Lipinski definition) is 7. The molecule has 1 aromatic heterocycles. The number of halogens is 1. The summed E-state index contributed by atoms with van der Waals surface area (Å²) in [4.78, 5) is 14.1. The molecule has 0 saturated carbocycles. The fraction of sp³-hybridized carbons (Fsp3) is 0.500. The maximum Gasteiger partial charge on any atom is 0.233 e. The molecule has 0 bridgehead atoms. The van der Waals surface area contributed by atoms with Gasteiger partial charge in [-0.3, -0.25) is 9.36 Å². The summed E-state index contributed by atoms with van der Waals surface area (Å²) in [7, 11) is 0.235. The summed E-state index contributed by atoms with van der Waals surface area (Å²) >= 11 is 7.25. The molecule has 0 radical (unpaired) electrons. The fourth-order valence-electron chi connectivity index (χ4n) is 3.10. The third-order valence-corrected chi connectivity index (χ3v) is 7.77. The molecule has 1 amide bonds. The predicted molar refractivity (Wildman–Crippen MR) is 113 cm³/mol. The Kier molecular flexibility index (Phi) is 7.20. The van der Waals surface area contributed by atoms with Crippen molar-refractivity contribution in [2.75, 3.05) is 38.0 Å². The Labute approximate surface area is 179 Å². The van der Waals surface area contributed by atoms with Crippen molar-refractivity contribution >= 4 is 39.1 Å². The van der Waals surface area contributed by atoms with Gasteiger partial charge in [0.25, 0.3) is 0 Å². The van der Waals surface area contributed by atoms with Crippen molar-refractivity contribution in [2.24, 2.45) is 0 Å². The van der Waals surface area contributed by atoms with Crippen molar-refractivity contribution in [3.05, 3.63) is 29.3 Å². The number of amides is 1. The van der Waals surface area contributed by atoms with E-state index in [4.69, 9.17) is 16.3 Å². The Hall–Kier alpha value is -1.62. The van der Waals surface area contributed by atoms with E-state index in [0.29, 0.717) is 35.6 Å². The van der Waals surface area contributed by atoms with Gasteiger partial charge in [-0.2, -0.15) is 0 Å². The highest BCUT2D eigenvalue weighted by Gasteiger charge is 2.32. The van der Waals surface area contributed by atoms with Gasteiger partial charge in [-0.15, -0.1) is 10.2 Å². The lowest BCUT2D eigenvalue weighted by Gasteiger charge is -2.23. The molecule has 158 valence electrons. The number of nitrogens with zero attached hydrogens (tertiary/aromatic N) is 4. The van der Waals surface area contributed by atoms with E-state index in [1.807, 2.05) is 16.7 Å². The minimum Gasteiger partial charge on any atom is -0.383 e. The van der Waals surface area contributed by atoms with E-state index in [-0.39, 0.29) is 29.2 Å². The second kappa shape index (κ2) is 9.46. The lowest BCUT2D eigenvalue weighted by Crippen LogP contribution is -2.38. The Bertz CT molecular complexity index is 963. The highest BCUT2D eigenvalue weighted by molar-refractivity contribution is 7.99. The van der Waals surface area contributed by atoms with Gasteiger partial charge in [-0.25, -0.2) is 8.42 Å². The number of aromatic nitrogens is 3. The van der Waals surface area contributed by atoms with Gasteiger partial charge in [0.15, 0.2) is 20.8 Å². The second-order valence-corrected chi connectivity index (χ2v) is 10.4. The van der Waals surface area contributed by atoms with Crippen LogP contribution in [0.25, 0.3) is 11.4 Å². The number of rotatable bonds is 8. The number of ether oxygens (including phenoxy) is 1. The van der Waals surface area contributed by atoms with Crippen LogP contribution in [0, 0.1) is 0 Å². The Balaban J connectivity index is 1.71. The van der Waals surface area contributed by atoms with Crippen molar-refractivity contribution in [3.8, 4) is 11.4 Å². The minimum absolute atomic E-state index is 0.0324. The van der Waals surface area contributed by atoms with Crippen molar-refractivity contribution < 1.29 is 17.9 Å². The molecule has 3 rings (SSSR count). The Morgan fingerprint density at radius 1 is 1.34 bits per heavy atom. The first kappa shape index (κ1) is 22.1. The molecule has 0 unspecified atom stereocenters. The largest absolute Gasteiger partial charge is 0.383 e. The summed E-state index contributed by atoms with van der Waals surface area (Å²) in [5.74, 6) is 0.858. The third kappa shape index (κ3) is 5.50. The van der Waals surface area contributed by atoms with Gasteiger partial charge >= 0.3 is 0 Å². The van der Waals surface area contributed by atoms with Crippen LogP contribution < -0.4 is 0 Å². The quantitative estimate of drug-likeness (QED) is 0.558. The van der Waals surface area contributed by atoms with Crippen LogP contribution in [0.4, 0.5) is 0 Å². The average Bonchev–Trinajstić information content (AvgIpc) is 3.27. The van der Waals surface area contributed by atoms with Crippen molar-refractivity contribution in [2.45, 2.75) is 24.2 Å². The maximum atomic E-state index is 12.6. The third-order valence-electron chi connectivity index (χ3n) is 4.81. The molecule has 0 spiro atoms. The SMILES string of the molecule is COCCn1c(SCC(=O)N(C)[C@H]2CCS(=O)(=O)C2)nnc1-c1ccc(Cl)cc1. The molecule has 0 N–H and O–H groups in total. The van der Waals surface area contributed by atoms with E-state index < -0.39 is 9.84 Å². The molecule has 11 heteroatoms. The van der Waals surface area contributed by atoms with Gasteiger partial charge in [-0.05, 0) is 30.7 Å². The topological polar surface area (TPSA) is 94.4 Å². The van der Waals surface area contributed by atoms with Crippen LogP contribution in [0.5, 0.6) is 0 Å². The number of carbonyl (C=O) groups excluding carboxylic acids is 1. The predicted octanol–water partition coefficient (Wildman–Crippen LogP) is 1.98. The first-order chi connectivity index (χ1) is 13.8. The Morgan fingerprint density at radius 3 is 2.69 bits per heavy atom. The molecule has 1 aliphatic rings. The van der Waals surface area contributed by atoms with Crippen LogP contribution in [0.1, 0.15) is 6.42 Å². The van der Waals surface area contributed by atoms with Crippen LogP contribution in [-0.2, 0) is 25.9 Å². The smallest absolute Gasteiger partial charge is 0.233 e. The second-order valence-electron chi connectivity index (χ2n) is 6.81. The summed E-state index contributed by atoms with van der Waals surface area (Å²) in [6, 6.07) is 7.04. The molecule has 29 heavy (non-hydrogen) atoms. The van der Waals surface area contributed by atoms with E-state index in [9.17, 15) is 13.2 Å². The molecule has 1 saturated heterocycles. The number of sulfone groups is 1. The van der Waals surface area contributed by atoms with Gasteiger partial charge in [0, 0.05) is 30.8 Å². The molecule has 1 aromatic carbocycles. The lowest BCUT2D eigenvalue weighted by molar-refractivity contribution is -0.128. The molecule has 0 aliphatic carbocycles. The van der Waals surface area contributed by atoms with Gasteiger partial charge in [0.05, 0.1) is 30.4 Å². The van der Waals surface area contributed by atoms with E-state index in [2.05, 4.69) is 10.2 Å². The highest BCUT2D eigenvalue weighted by Crippen LogP contribution is 2.26. The molecule has 1 aliphatic heterocycles. The average molecular weight is 459 g/mol. The zero-order valence-corrected chi connectivity index (χ0v) is 18.6. The molecule has 2 aromatic rings. The standard InChI is InChI=1S/C18H23ClN4O4S2/c1-22(15-7-10-29(25,26)12-15)16(24)11-28-18-21-20-17(23(18)8-9-27-2)13-3-5-14(19)6-4-13/h3-6,15H,7-12H2,1-2H3/t15-/m0/s1. The highest BCUT2D eigenvalue weighted by atomic mass is 35.5. The summed E-state index contributed by atoms with van der Waals surface area (Å²) in [5.41, 5.74) is 0.865. The summed E-state index contributed by atoms with van der Waals surface area (Å²) in [5, 5.41) is 9.76. The summed E-state index contributed by atoms with van der Waals surface area (Å²) in [6.45, 7) is 1.01. The van der Waals surface area contributed by atoms with Crippen LogP contribution >= 0.6 is 23.4 Å². The van der Waals surface area contributed by atoms with E-state index in [1.165, 1.54) is 16.7 Å². The van der Waals surface area contributed by atoms with Crippen molar-refractivity contribution in [3.63, 3.8) is 0 Å². The first-order valence-electron chi connectivity index (χ1n) is 9.07. The summed E-state index contributed by atoms with van der Waals surface area (Å²) < 4.78 is 30.4. The van der Waals surface area contributed by atoms with Crippen molar-refractivity contribution in [1.29, 1.82) is 0 Å². The van der Waals surface area contributed by atoms with E-state index >= 15 is 0 Å². The summed E-state index contributed by atoms with van der Waals surface area (Å²) in [6.07, 6.45) is 0.486. The van der Waals surface area contributed by atoms with Crippen LogP contribution in [0.15, 0.2) is 29.4 Å². The van der Waals surface area contributed by atoms with Crippen LogP contribution in [0.3, 0.4) is 0 Å². The van der Waals surface area contributed by atoms with Gasteiger partial charge < -0.3 is 9.64 Å². The van der Waals surface area contributed by atoms with E-state index in [0.717, 1.165) is 5.56 Å². The number of thioether (sulfide) groups is 1. The number of methoxy groups -OCH3 is 1. The number of benzene rings is 1. The Morgan fingerprint density at radius 2 is 2.07 bits per heavy atom. The molecule has 1 fully saturated rings. The number of hydrogen-bond donors (Lipinski definition) is 0. The normalized spacial score (nSPS) is 18.1. The molecule has 8 nitrogen and oxygen atoms in total. The zero-order valence-electron chi connectivity index (χ0n) is 16.2. The maximum absolute atomic E-state index is 12.6. The van der Waals surface area contributed by atoms with Crippen molar-refractivity contribution in [1.82, 2.24) is 19.7 Å². The molecular weight excluding hydrogens is 436 g/mol. The minimum atomic E-state index is -3.04. The monoisotopic (exact) mass is 458 g/mol. The van der Waals surface area contributed by atoms with E-state index in [1.54, 1.807) is 26.3 Å². The fourth-order valence-corrected chi connectivity index (χ4v) is 5.89.